The fourth-order valence-corrected chi connectivity index (χ4v) is 3.63. The van der Waals surface area contributed by atoms with Crippen molar-refractivity contribution in [3.8, 4) is 0 Å². The van der Waals surface area contributed by atoms with E-state index in [2.05, 4.69) is 5.32 Å². The van der Waals surface area contributed by atoms with Gasteiger partial charge in [0.15, 0.2) is 0 Å². The highest BCUT2D eigenvalue weighted by Gasteiger charge is 2.54. The van der Waals surface area contributed by atoms with Gasteiger partial charge in [-0.25, -0.2) is 4.79 Å². The summed E-state index contributed by atoms with van der Waals surface area (Å²) in [5.41, 5.74) is -0.519. The van der Waals surface area contributed by atoms with E-state index in [1.54, 1.807) is 4.90 Å². The van der Waals surface area contributed by atoms with Crippen LogP contribution in [0.2, 0.25) is 0 Å². The van der Waals surface area contributed by atoms with Crippen LogP contribution in [0.25, 0.3) is 0 Å². The molecule has 1 N–H and O–H groups in total. The Morgan fingerprint density at radius 2 is 1.65 bits per heavy atom. The van der Waals surface area contributed by atoms with Crippen LogP contribution in [-0.2, 0) is 4.79 Å². The highest BCUT2D eigenvalue weighted by molar-refractivity contribution is 6.07. The maximum atomic E-state index is 12.5. The lowest BCUT2D eigenvalue weighted by molar-refractivity contribution is -0.133. The standard InChI is InChI=1S/C13H20N2O2/c16-11-13(8-4-5-9-13)14-12(17)15(11)10-6-2-1-3-7-10/h10H,1-9H2,(H,14,17). The van der Waals surface area contributed by atoms with E-state index in [1.165, 1.54) is 6.42 Å². The molecule has 0 bridgehead atoms. The first kappa shape index (κ1) is 11.1. The maximum Gasteiger partial charge on any atom is 0.325 e. The molecule has 2 aliphatic carbocycles. The van der Waals surface area contributed by atoms with Crippen molar-refractivity contribution >= 4 is 11.9 Å². The Hall–Kier alpha value is -1.06. The van der Waals surface area contributed by atoms with Crippen LogP contribution >= 0.6 is 0 Å². The van der Waals surface area contributed by atoms with Crippen molar-refractivity contribution in [3.05, 3.63) is 0 Å². The summed E-state index contributed by atoms with van der Waals surface area (Å²) in [7, 11) is 0. The van der Waals surface area contributed by atoms with Gasteiger partial charge in [0.05, 0.1) is 0 Å². The van der Waals surface area contributed by atoms with Crippen LogP contribution in [-0.4, -0.2) is 28.4 Å². The van der Waals surface area contributed by atoms with E-state index in [0.29, 0.717) is 0 Å². The molecule has 1 aliphatic heterocycles. The van der Waals surface area contributed by atoms with Crippen LogP contribution in [0.1, 0.15) is 57.8 Å². The monoisotopic (exact) mass is 236 g/mol. The molecule has 3 aliphatic rings. The number of carbonyl (C=O) groups excluding carboxylic acids is 2. The maximum absolute atomic E-state index is 12.5. The van der Waals surface area contributed by atoms with E-state index in [4.69, 9.17) is 0 Å². The van der Waals surface area contributed by atoms with Gasteiger partial charge in [0.2, 0.25) is 0 Å². The third kappa shape index (κ3) is 1.65. The van der Waals surface area contributed by atoms with Gasteiger partial charge in [0.25, 0.3) is 5.91 Å². The number of amides is 3. The van der Waals surface area contributed by atoms with Crippen molar-refractivity contribution in [2.24, 2.45) is 0 Å². The van der Waals surface area contributed by atoms with E-state index in [1.807, 2.05) is 0 Å². The summed E-state index contributed by atoms with van der Waals surface area (Å²) in [5, 5.41) is 2.96. The van der Waals surface area contributed by atoms with Crippen molar-refractivity contribution < 1.29 is 9.59 Å². The Labute approximate surface area is 102 Å². The molecule has 4 nitrogen and oxygen atoms in total. The summed E-state index contributed by atoms with van der Waals surface area (Å²) in [4.78, 5) is 26.1. The van der Waals surface area contributed by atoms with Gasteiger partial charge in [-0.1, -0.05) is 32.1 Å². The largest absolute Gasteiger partial charge is 0.325 e. The molecule has 0 unspecified atom stereocenters. The Morgan fingerprint density at radius 3 is 2.29 bits per heavy atom. The van der Waals surface area contributed by atoms with E-state index in [-0.39, 0.29) is 18.0 Å². The highest BCUT2D eigenvalue weighted by Crippen LogP contribution is 2.37. The first-order valence-corrected chi connectivity index (χ1v) is 6.89. The Balaban J connectivity index is 1.80. The topological polar surface area (TPSA) is 49.4 Å². The molecule has 0 atom stereocenters. The van der Waals surface area contributed by atoms with Crippen LogP contribution in [0.3, 0.4) is 0 Å². The lowest BCUT2D eigenvalue weighted by Gasteiger charge is -2.29. The fraction of sp³-hybridized carbons (Fsp3) is 0.846. The third-order valence-electron chi connectivity index (χ3n) is 4.59. The minimum absolute atomic E-state index is 0.0619. The molecular weight excluding hydrogens is 216 g/mol. The first-order valence-electron chi connectivity index (χ1n) is 6.89. The van der Waals surface area contributed by atoms with Gasteiger partial charge in [-0.15, -0.1) is 0 Å². The van der Waals surface area contributed by atoms with Gasteiger partial charge in [-0.3, -0.25) is 9.69 Å². The predicted octanol–water partition coefficient (Wildman–Crippen LogP) is 2.18. The molecule has 1 spiro atoms. The summed E-state index contributed by atoms with van der Waals surface area (Å²) in [6, 6.07) is 0.0278. The van der Waals surface area contributed by atoms with E-state index in [0.717, 1.165) is 51.4 Å². The molecular formula is C13H20N2O2. The number of imide groups is 1. The second kappa shape index (κ2) is 4.00. The highest BCUT2D eigenvalue weighted by atomic mass is 16.2. The van der Waals surface area contributed by atoms with E-state index in [9.17, 15) is 9.59 Å². The van der Waals surface area contributed by atoms with E-state index >= 15 is 0 Å². The minimum Gasteiger partial charge on any atom is -0.323 e. The van der Waals surface area contributed by atoms with Crippen molar-refractivity contribution in [1.29, 1.82) is 0 Å². The zero-order valence-corrected chi connectivity index (χ0v) is 10.2. The summed E-state index contributed by atoms with van der Waals surface area (Å²) in [6.07, 6.45) is 9.32. The molecule has 0 aromatic heterocycles. The second-order valence-corrected chi connectivity index (χ2v) is 5.69. The summed E-state index contributed by atoms with van der Waals surface area (Å²) in [6.45, 7) is 0. The number of nitrogens with one attached hydrogen (secondary N) is 1. The quantitative estimate of drug-likeness (QED) is 0.709. The molecule has 3 fully saturated rings. The number of nitrogens with zero attached hydrogens (tertiary/aromatic N) is 1. The van der Waals surface area contributed by atoms with E-state index < -0.39 is 5.54 Å². The molecule has 3 amide bonds. The van der Waals surface area contributed by atoms with Gasteiger partial charge in [0, 0.05) is 6.04 Å². The van der Waals surface area contributed by atoms with Crippen LogP contribution in [0.5, 0.6) is 0 Å². The number of rotatable bonds is 1. The molecule has 0 radical (unpaired) electrons. The van der Waals surface area contributed by atoms with Gasteiger partial charge in [-0.2, -0.15) is 0 Å². The van der Waals surface area contributed by atoms with Crippen LogP contribution < -0.4 is 5.32 Å². The van der Waals surface area contributed by atoms with Crippen molar-refractivity contribution in [3.63, 3.8) is 0 Å². The Bertz CT molecular complexity index is 341. The number of hydrogen-bond donors (Lipinski definition) is 1. The zero-order valence-electron chi connectivity index (χ0n) is 10.2. The van der Waals surface area contributed by atoms with Crippen molar-refractivity contribution in [2.75, 3.05) is 0 Å². The molecule has 17 heavy (non-hydrogen) atoms. The normalized spacial score (nSPS) is 29.1. The third-order valence-corrected chi connectivity index (χ3v) is 4.59. The lowest BCUT2D eigenvalue weighted by atomic mass is 9.92. The molecule has 3 rings (SSSR count). The average molecular weight is 236 g/mol. The van der Waals surface area contributed by atoms with Crippen LogP contribution in [0.15, 0.2) is 0 Å². The van der Waals surface area contributed by atoms with Gasteiger partial charge in [-0.05, 0) is 25.7 Å². The minimum atomic E-state index is -0.519. The van der Waals surface area contributed by atoms with Gasteiger partial charge in [0.1, 0.15) is 5.54 Å². The molecule has 1 heterocycles. The molecule has 4 heteroatoms. The average Bonchev–Trinajstić information content (AvgIpc) is 2.88. The Kier molecular flexibility index (Phi) is 2.60. The first-order chi connectivity index (χ1) is 8.23. The second-order valence-electron chi connectivity index (χ2n) is 5.69. The summed E-state index contributed by atoms with van der Waals surface area (Å²) < 4.78 is 0. The number of urea groups is 1. The lowest BCUT2D eigenvalue weighted by Crippen LogP contribution is -2.46. The smallest absolute Gasteiger partial charge is 0.323 e. The molecule has 94 valence electrons. The summed E-state index contributed by atoms with van der Waals surface area (Å²) >= 11 is 0. The molecule has 1 saturated heterocycles. The zero-order chi connectivity index (χ0) is 11.9. The number of hydrogen-bond acceptors (Lipinski definition) is 2. The van der Waals surface area contributed by atoms with Crippen molar-refractivity contribution in [1.82, 2.24) is 10.2 Å². The predicted molar refractivity (Wildman–Crippen MR) is 63.4 cm³/mol. The molecule has 0 aromatic carbocycles. The summed E-state index contributed by atoms with van der Waals surface area (Å²) in [5.74, 6) is 0.0619. The van der Waals surface area contributed by atoms with Gasteiger partial charge < -0.3 is 5.32 Å². The Morgan fingerprint density at radius 1 is 1.00 bits per heavy atom. The fourth-order valence-electron chi connectivity index (χ4n) is 3.63. The number of carbonyl (C=O) groups is 2. The molecule has 2 saturated carbocycles. The van der Waals surface area contributed by atoms with Crippen LogP contribution in [0, 0.1) is 0 Å². The van der Waals surface area contributed by atoms with Gasteiger partial charge >= 0.3 is 6.03 Å². The SMILES string of the molecule is O=C1NC2(CCCC2)C(=O)N1C1CCCCC1. The van der Waals surface area contributed by atoms with Crippen LogP contribution in [0.4, 0.5) is 4.79 Å². The van der Waals surface area contributed by atoms with Crippen molar-refractivity contribution in [2.45, 2.75) is 69.4 Å². The molecule has 0 aromatic rings.